The van der Waals surface area contributed by atoms with Crippen molar-refractivity contribution in [1.29, 1.82) is 0 Å². The number of hydrogen-bond donors (Lipinski definition) is 0. The Balaban J connectivity index is 1.62. The van der Waals surface area contributed by atoms with Crippen LogP contribution in [0.1, 0.15) is 32.6 Å². The van der Waals surface area contributed by atoms with Gasteiger partial charge in [-0.05, 0) is 37.6 Å². The van der Waals surface area contributed by atoms with Gasteiger partial charge in [-0.25, -0.2) is 22.0 Å². The zero-order valence-electron chi connectivity index (χ0n) is 16.9. The molecule has 0 unspecified atom stereocenters. The predicted molar refractivity (Wildman–Crippen MR) is 106 cm³/mol. The van der Waals surface area contributed by atoms with E-state index in [1.165, 1.54) is 12.1 Å². The molecule has 4 rings (SSSR count). The van der Waals surface area contributed by atoms with Crippen LogP contribution < -0.4 is 9.47 Å². The normalized spacial score (nSPS) is 14.0. The van der Waals surface area contributed by atoms with E-state index in [2.05, 4.69) is 0 Å². The summed E-state index contributed by atoms with van der Waals surface area (Å²) in [7, 11) is 0. The number of ether oxygens (including phenoxy) is 2. The van der Waals surface area contributed by atoms with E-state index in [1.54, 1.807) is 13.0 Å². The first-order valence-electron chi connectivity index (χ1n) is 9.46. The van der Waals surface area contributed by atoms with Crippen LogP contribution in [0.3, 0.4) is 0 Å². The molecule has 3 nitrogen and oxygen atoms in total. The number of carbonyl (C=O) groups is 1. The molecule has 0 radical (unpaired) electrons. The minimum absolute atomic E-state index is 0.0669. The number of hydrogen-bond acceptors (Lipinski definition) is 3. The number of aryl methyl sites for hydroxylation is 1. The molecule has 1 aliphatic rings. The van der Waals surface area contributed by atoms with Gasteiger partial charge in [-0.1, -0.05) is 29.8 Å². The average molecular weight is 446 g/mol. The first kappa shape index (κ1) is 21.5. The molecule has 0 aromatic heterocycles. The first-order valence-corrected chi connectivity index (χ1v) is 9.46. The predicted octanol–water partition coefficient (Wildman–Crippen LogP) is 6.19. The number of halogens is 5. The van der Waals surface area contributed by atoms with Gasteiger partial charge in [0.15, 0.2) is 29.0 Å². The van der Waals surface area contributed by atoms with Gasteiger partial charge in [0.2, 0.25) is 11.6 Å². The van der Waals surface area contributed by atoms with E-state index in [9.17, 15) is 26.7 Å². The Labute approximate surface area is 179 Å². The molecule has 1 heterocycles. The average Bonchev–Trinajstić information content (AvgIpc) is 3.08. The van der Waals surface area contributed by atoms with Gasteiger partial charge in [0.05, 0.1) is 11.1 Å². The lowest BCUT2D eigenvalue weighted by molar-refractivity contribution is 0.101. The maximum atomic E-state index is 13.9. The van der Waals surface area contributed by atoms with Gasteiger partial charge in [0.25, 0.3) is 0 Å². The molecular formula is C24H15F5O3. The Morgan fingerprint density at radius 2 is 1.56 bits per heavy atom. The van der Waals surface area contributed by atoms with E-state index in [0.717, 1.165) is 11.1 Å². The van der Waals surface area contributed by atoms with Crippen molar-refractivity contribution in [3.8, 4) is 11.5 Å². The highest BCUT2D eigenvalue weighted by Crippen LogP contribution is 2.39. The second kappa shape index (κ2) is 8.11. The summed E-state index contributed by atoms with van der Waals surface area (Å²) in [5, 5.41) is 0. The van der Waals surface area contributed by atoms with Crippen molar-refractivity contribution in [2.24, 2.45) is 0 Å². The number of carbonyl (C=O) groups excluding carboxylic acids is 1. The van der Waals surface area contributed by atoms with Gasteiger partial charge in [-0.2, -0.15) is 0 Å². The molecule has 164 valence electrons. The number of ketones is 1. The van der Waals surface area contributed by atoms with E-state index < -0.39 is 41.3 Å². The number of Topliss-reactive ketones (excluding diaryl/α,β-unsaturated/α-hetero) is 1. The summed E-state index contributed by atoms with van der Waals surface area (Å²) < 4.78 is 78.8. The van der Waals surface area contributed by atoms with Crippen molar-refractivity contribution in [3.63, 3.8) is 0 Å². The largest absolute Gasteiger partial charge is 0.488 e. The summed E-state index contributed by atoms with van der Waals surface area (Å²) >= 11 is 0. The van der Waals surface area contributed by atoms with Crippen LogP contribution in [0, 0.1) is 42.9 Å². The molecule has 0 amide bonds. The fourth-order valence-corrected chi connectivity index (χ4v) is 3.36. The Morgan fingerprint density at radius 1 is 0.906 bits per heavy atom. The van der Waals surface area contributed by atoms with Gasteiger partial charge >= 0.3 is 0 Å². The van der Waals surface area contributed by atoms with Gasteiger partial charge in [0, 0.05) is 5.56 Å². The molecule has 0 atom stereocenters. The van der Waals surface area contributed by atoms with Gasteiger partial charge in [0.1, 0.15) is 18.1 Å². The highest BCUT2D eigenvalue weighted by Gasteiger charge is 2.31. The van der Waals surface area contributed by atoms with Gasteiger partial charge < -0.3 is 9.47 Å². The quantitative estimate of drug-likeness (QED) is 0.207. The summed E-state index contributed by atoms with van der Waals surface area (Å²) in [6.45, 7) is 2.55. The molecule has 3 aromatic rings. The fraction of sp³-hybridized carbons (Fsp3) is 0.125. The van der Waals surface area contributed by atoms with Crippen LogP contribution in [-0.2, 0) is 6.61 Å². The maximum Gasteiger partial charge on any atom is 0.231 e. The standard InChI is InChI=1S/C24H15F5O3/c1-11-4-3-5-13(8-11)9-17-23(30)14-6-7-16(12(2)24(14)32-17)31-10-15-18(25)20(27)22(29)21(28)19(15)26/h3-9H,10H2,1-2H3/b17-9-. The summed E-state index contributed by atoms with van der Waals surface area (Å²) in [4.78, 5) is 12.7. The zero-order valence-corrected chi connectivity index (χ0v) is 16.9. The molecule has 0 spiro atoms. The van der Waals surface area contributed by atoms with Crippen LogP contribution in [0.2, 0.25) is 0 Å². The molecule has 0 N–H and O–H groups in total. The summed E-state index contributed by atoms with van der Waals surface area (Å²) in [6.07, 6.45) is 1.59. The smallest absolute Gasteiger partial charge is 0.231 e. The van der Waals surface area contributed by atoms with E-state index in [0.29, 0.717) is 5.56 Å². The van der Waals surface area contributed by atoms with Crippen molar-refractivity contribution in [3.05, 3.63) is 99.1 Å². The SMILES string of the molecule is Cc1cccc(/C=C2\Oc3c(ccc(OCc4c(F)c(F)c(F)c(F)c4F)c3C)C2=O)c1. The van der Waals surface area contributed by atoms with Gasteiger partial charge in [-0.3, -0.25) is 4.79 Å². The number of benzene rings is 3. The van der Waals surface area contributed by atoms with Crippen molar-refractivity contribution in [2.75, 3.05) is 0 Å². The summed E-state index contributed by atoms with van der Waals surface area (Å²) in [5.41, 5.74) is 1.28. The highest BCUT2D eigenvalue weighted by atomic mass is 19.2. The van der Waals surface area contributed by atoms with Crippen molar-refractivity contribution >= 4 is 11.9 Å². The Morgan fingerprint density at radius 3 is 2.22 bits per heavy atom. The van der Waals surface area contributed by atoms with E-state index in [-0.39, 0.29) is 28.6 Å². The Kier molecular flexibility index (Phi) is 5.46. The fourth-order valence-electron chi connectivity index (χ4n) is 3.36. The number of allylic oxidation sites excluding steroid dienone is 1. The second-order valence-electron chi connectivity index (χ2n) is 7.26. The third kappa shape index (κ3) is 3.62. The topological polar surface area (TPSA) is 35.5 Å². The van der Waals surface area contributed by atoms with Crippen LogP contribution in [-0.4, -0.2) is 5.78 Å². The van der Waals surface area contributed by atoms with Crippen molar-refractivity contribution in [2.45, 2.75) is 20.5 Å². The van der Waals surface area contributed by atoms with Crippen LogP contribution >= 0.6 is 0 Å². The highest BCUT2D eigenvalue weighted by molar-refractivity contribution is 6.14. The zero-order chi connectivity index (χ0) is 23.2. The molecule has 0 aliphatic carbocycles. The van der Waals surface area contributed by atoms with Crippen LogP contribution in [0.25, 0.3) is 6.08 Å². The molecule has 0 bridgehead atoms. The lowest BCUT2D eigenvalue weighted by Gasteiger charge is -2.13. The van der Waals surface area contributed by atoms with Crippen LogP contribution in [0.4, 0.5) is 22.0 Å². The minimum Gasteiger partial charge on any atom is -0.488 e. The number of fused-ring (bicyclic) bond motifs is 1. The van der Waals surface area contributed by atoms with Crippen LogP contribution in [0.15, 0.2) is 42.2 Å². The molecule has 0 fully saturated rings. The lowest BCUT2D eigenvalue weighted by Crippen LogP contribution is -2.10. The van der Waals surface area contributed by atoms with E-state index in [4.69, 9.17) is 9.47 Å². The summed E-state index contributed by atoms with van der Waals surface area (Å²) in [6, 6.07) is 10.2. The van der Waals surface area contributed by atoms with Crippen molar-refractivity contribution < 1.29 is 36.2 Å². The Bertz CT molecular complexity index is 1270. The molecule has 1 aliphatic heterocycles. The molecular weight excluding hydrogens is 431 g/mol. The van der Waals surface area contributed by atoms with E-state index in [1.807, 2.05) is 31.2 Å². The molecule has 8 heteroatoms. The minimum atomic E-state index is -2.24. The maximum absolute atomic E-state index is 13.9. The second-order valence-corrected chi connectivity index (χ2v) is 7.26. The molecule has 0 saturated heterocycles. The first-order chi connectivity index (χ1) is 15.2. The van der Waals surface area contributed by atoms with Gasteiger partial charge in [-0.15, -0.1) is 0 Å². The molecule has 32 heavy (non-hydrogen) atoms. The summed E-state index contributed by atoms with van der Waals surface area (Å²) in [5.74, 6) is -10.3. The molecule has 0 saturated carbocycles. The third-order valence-electron chi connectivity index (χ3n) is 5.05. The van der Waals surface area contributed by atoms with Crippen molar-refractivity contribution in [1.82, 2.24) is 0 Å². The monoisotopic (exact) mass is 446 g/mol. The Hall–Kier alpha value is -3.68. The van der Waals surface area contributed by atoms with Crippen LogP contribution in [0.5, 0.6) is 11.5 Å². The third-order valence-corrected chi connectivity index (χ3v) is 5.05. The lowest BCUT2D eigenvalue weighted by atomic mass is 10.1. The number of rotatable bonds is 4. The molecule has 3 aromatic carbocycles. The van der Waals surface area contributed by atoms with E-state index >= 15 is 0 Å².